The number of ether oxygens (including phenoxy) is 1. The van der Waals surface area contributed by atoms with Crippen molar-refractivity contribution in [3.8, 4) is 0 Å². The van der Waals surface area contributed by atoms with Crippen LogP contribution in [0.3, 0.4) is 0 Å². The zero-order chi connectivity index (χ0) is 13.1. The Morgan fingerprint density at radius 3 is 2.41 bits per heavy atom. The number of nitrogens with zero attached hydrogens (tertiary/aromatic N) is 1. The van der Waals surface area contributed by atoms with Crippen LogP contribution in [-0.4, -0.2) is 49.8 Å². The van der Waals surface area contributed by atoms with Crippen molar-refractivity contribution in [2.45, 2.75) is 52.7 Å². The van der Waals surface area contributed by atoms with Gasteiger partial charge in [-0.3, -0.25) is 4.90 Å². The molecule has 1 aliphatic rings. The summed E-state index contributed by atoms with van der Waals surface area (Å²) in [5.41, 5.74) is 0.331. The molecule has 0 aromatic rings. The largest absolute Gasteiger partial charge is 0.379 e. The molecule has 0 saturated carbocycles. The van der Waals surface area contributed by atoms with Crippen LogP contribution in [0, 0.1) is 5.41 Å². The monoisotopic (exact) mass is 242 g/mol. The van der Waals surface area contributed by atoms with Crippen LogP contribution in [0.2, 0.25) is 0 Å². The normalized spacial score (nSPS) is 24.0. The van der Waals surface area contributed by atoms with Crippen LogP contribution in [0.15, 0.2) is 0 Å². The van der Waals surface area contributed by atoms with Crippen molar-refractivity contribution in [1.82, 2.24) is 10.2 Å². The Labute approximate surface area is 107 Å². The topological polar surface area (TPSA) is 24.5 Å². The minimum atomic E-state index is -0.00664. The van der Waals surface area contributed by atoms with E-state index in [1.807, 2.05) is 0 Å². The predicted molar refractivity (Wildman–Crippen MR) is 73.4 cm³/mol. The summed E-state index contributed by atoms with van der Waals surface area (Å²) in [6.07, 6.45) is 1.09. The van der Waals surface area contributed by atoms with E-state index in [4.69, 9.17) is 4.74 Å². The first-order chi connectivity index (χ1) is 7.76. The number of hydrogen-bond acceptors (Lipinski definition) is 3. The lowest BCUT2D eigenvalue weighted by atomic mass is 9.84. The van der Waals surface area contributed by atoms with Gasteiger partial charge >= 0.3 is 0 Å². The number of rotatable bonds is 4. The van der Waals surface area contributed by atoms with Crippen molar-refractivity contribution in [3.05, 3.63) is 0 Å². The third-order valence-corrected chi connectivity index (χ3v) is 3.91. The Balaban J connectivity index is 2.55. The summed E-state index contributed by atoms with van der Waals surface area (Å²) in [5.74, 6) is 0. The summed E-state index contributed by atoms with van der Waals surface area (Å²) in [6, 6.07) is 0.629. The molecule has 0 spiro atoms. The first-order valence-electron chi connectivity index (χ1n) is 6.76. The van der Waals surface area contributed by atoms with Gasteiger partial charge in [0.15, 0.2) is 0 Å². The van der Waals surface area contributed by atoms with Gasteiger partial charge in [0.1, 0.15) is 0 Å². The van der Waals surface area contributed by atoms with Crippen LogP contribution in [0.5, 0.6) is 0 Å². The average Bonchev–Trinajstić information content (AvgIpc) is 2.26. The van der Waals surface area contributed by atoms with E-state index >= 15 is 0 Å². The summed E-state index contributed by atoms with van der Waals surface area (Å²) < 4.78 is 5.51. The maximum Gasteiger partial charge on any atom is 0.0634 e. The molecular formula is C14H30N2O. The molecule has 1 atom stereocenters. The van der Waals surface area contributed by atoms with E-state index in [1.165, 1.54) is 0 Å². The molecule has 1 heterocycles. The number of nitrogens with one attached hydrogen (secondary N) is 1. The number of methoxy groups -OCH3 is 1. The smallest absolute Gasteiger partial charge is 0.0634 e. The molecule has 1 unspecified atom stereocenters. The Morgan fingerprint density at radius 1 is 1.24 bits per heavy atom. The lowest BCUT2D eigenvalue weighted by molar-refractivity contribution is -0.00681. The fraction of sp³-hybridized carbons (Fsp3) is 1.00. The third-order valence-electron chi connectivity index (χ3n) is 3.91. The van der Waals surface area contributed by atoms with Crippen LogP contribution < -0.4 is 5.32 Å². The first kappa shape index (κ1) is 14.9. The van der Waals surface area contributed by atoms with Gasteiger partial charge in [-0.05, 0) is 25.7 Å². The van der Waals surface area contributed by atoms with E-state index < -0.39 is 0 Å². The molecule has 0 aromatic carbocycles. The van der Waals surface area contributed by atoms with Crippen LogP contribution in [-0.2, 0) is 4.74 Å². The summed E-state index contributed by atoms with van der Waals surface area (Å²) in [5, 5.41) is 3.51. The van der Waals surface area contributed by atoms with Crippen molar-refractivity contribution >= 4 is 0 Å². The van der Waals surface area contributed by atoms with Gasteiger partial charge in [-0.2, -0.15) is 0 Å². The quantitative estimate of drug-likeness (QED) is 0.817. The lowest BCUT2D eigenvalue weighted by Gasteiger charge is -2.44. The highest BCUT2D eigenvalue weighted by molar-refractivity contribution is 4.89. The van der Waals surface area contributed by atoms with Crippen molar-refractivity contribution < 1.29 is 4.74 Å². The van der Waals surface area contributed by atoms with E-state index in [1.54, 1.807) is 7.11 Å². The summed E-state index contributed by atoms with van der Waals surface area (Å²) in [6.45, 7) is 15.8. The maximum absolute atomic E-state index is 5.51. The zero-order valence-corrected chi connectivity index (χ0v) is 12.5. The molecule has 0 bridgehead atoms. The molecule has 0 aliphatic carbocycles. The number of piperazine rings is 1. The molecule has 0 amide bonds. The third kappa shape index (κ3) is 4.57. The summed E-state index contributed by atoms with van der Waals surface area (Å²) in [4.78, 5) is 2.62. The molecule has 102 valence electrons. The summed E-state index contributed by atoms with van der Waals surface area (Å²) >= 11 is 0. The second kappa shape index (κ2) is 5.68. The number of hydrogen-bond donors (Lipinski definition) is 1. The molecule has 17 heavy (non-hydrogen) atoms. The molecule has 1 aliphatic heterocycles. The Morgan fingerprint density at radius 2 is 1.88 bits per heavy atom. The van der Waals surface area contributed by atoms with Gasteiger partial charge in [-0.15, -0.1) is 0 Å². The van der Waals surface area contributed by atoms with Crippen LogP contribution in [0.4, 0.5) is 0 Å². The second-order valence-electron chi connectivity index (χ2n) is 6.84. The van der Waals surface area contributed by atoms with Crippen LogP contribution >= 0.6 is 0 Å². The molecule has 1 rings (SSSR count). The van der Waals surface area contributed by atoms with Gasteiger partial charge in [0.2, 0.25) is 0 Å². The molecule has 1 saturated heterocycles. The maximum atomic E-state index is 5.51. The van der Waals surface area contributed by atoms with Crippen molar-refractivity contribution in [3.63, 3.8) is 0 Å². The van der Waals surface area contributed by atoms with E-state index in [0.29, 0.717) is 11.5 Å². The molecule has 1 N–H and O–H groups in total. The summed E-state index contributed by atoms with van der Waals surface area (Å²) in [7, 11) is 1.80. The minimum Gasteiger partial charge on any atom is -0.379 e. The standard InChI is InChI=1S/C14H30N2O/c1-13(2,3)12-11-15-8-10-16(12)9-7-14(4,5)17-6/h12,15H,7-11H2,1-6H3. The fourth-order valence-electron chi connectivity index (χ4n) is 2.38. The zero-order valence-electron chi connectivity index (χ0n) is 12.5. The molecule has 1 fully saturated rings. The first-order valence-corrected chi connectivity index (χ1v) is 6.76. The van der Waals surface area contributed by atoms with E-state index in [0.717, 1.165) is 32.6 Å². The Kier molecular flexibility index (Phi) is 4.99. The van der Waals surface area contributed by atoms with E-state index in [9.17, 15) is 0 Å². The Hall–Kier alpha value is -0.120. The second-order valence-corrected chi connectivity index (χ2v) is 6.84. The SMILES string of the molecule is COC(C)(C)CCN1CCNCC1C(C)(C)C. The van der Waals surface area contributed by atoms with Gasteiger partial charge in [0, 0.05) is 39.3 Å². The van der Waals surface area contributed by atoms with Gasteiger partial charge in [0.05, 0.1) is 5.60 Å². The Bertz CT molecular complexity index is 233. The molecular weight excluding hydrogens is 212 g/mol. The van der Waals surface area contributed by atoms with Crippen molar-refractivity contribution in [1.29, 1.82) is 0 Å². The average molecular weight is 242 g/mol. The molecule has 3 nitrogen and oxygen atoms in total. The van der Waals surface area contributed by atoms with Crippen LogP contribution in [0.25, 0.3) is 0 Å². The highest BCUT2D eigenvalue weighted by Crippen LogP contribution is 2.26. The van der Waals surface area contributed by atoms with E-state index in [-0.39, 0.29) is 5.60 Å². The van der Waals surface area contributed by atoms with Gasteiger partial charge in [-0.25, -0.2) is 0 Å². The van der Waals surface area contributed by atoms with E-state index in [2.05, 4.69) is 44.8 Å². The lowest BCUT2D eigenvalue weighted by Crippen LogP contribution is -2.57. The van der Waals surface area contributed by atoms with Crippen molar-refractivity contribution in [2.24, 2.45) is 5.41 Å². The van der Waals surface area contributed by atoms with Gasteiger partial charge in [0.25, 0.3) is 0 Å². The molecule has 0 aromatic heterocycles. The fourth-order valence-corrected chi connectivity index (χ4v) is 2.38. The molecule has 0 radical (unpaired) electrons. The van der Waals surface area contributed by atoms with Gasteiger partial charge in [-0.1, -0.05) is 20.8 Å². The van der Waals surface area contributed by atoms with Gasteiger partial charge < -0.3 is 10.1 Å². The molecule has 3 heteroatoms. The van der Waals surface area contributed by atoms with Crippen LogP contribution in [0.1, 0.15) is 41.0 Å². The van der Waals surface area contributed by atoms with Crippen molar-refractivity contribution in [2.75, 3.05) is 33.3 Å². The highest BCUT2D eigenvalue weighted by Gasteiger charge is 2.32. The minimum absolute atomic E-state index is 0.00664. The predicted octanol–water partition coefficient (Wildman–Crippen LogP) is 2.12. The highest BCUT2D eigenvalue weighted by atomic mass is 16.5.